The largest absolute Gasteiger partial charge is 0.491 e. The molecule has 0 heterocycles. The molecule has 20 heavy (non-hydrogen) atoms. The fourth-order valence-electron chi connectivity index (χ4n) is 2.53. The van der Waals surface area contributed by atoms with E-state index in [4.69, 9.17) is 10.5 Å². The van der Waals surface area contributed by atoms with Crippen molar-refractivity contribution < 1.29 is 9.53 Å². The number of anilines is 1. The van der Waals surface area contributed by atoms with Gasteiger partial charge in [-0.05, 0) is 31.4 Å². The van der Waals surface area contributed by atoms with Crippen LogP contribution < -0.4 is 15.8 Å². The molecule has 0 bridgehead atoms. The molecule has 3 N–H and O–H groups in total. The fraction of sp³-hybridized carbons (Fsp3) is 0.562. The summed E-state index contributed by atoms with van der Waals surface area (Å²) in [6.07, 6.45) is 5.55. The van der Waals surface area contributed by atoms with E-state index < -0.39 is 0 Å². The lowest BCUT2D eigenvalue weighted by Gasteiger charge is -2.29. The highest BCUT2D eigenvalue weighted by Crippen LogP contribution is 2.32. The van der Waals surface area contributed by atoms with Crippen LogP contribution in [0.3, 0.4) is 0 Å². The van der Waals surface area contributed by atoms with Gasteiger partial charge in [-0.3, -0.25) is 4.79 Å². The highest BCUT2D eigenvalue weighted by Gasteiger charge is 2.20. The van der Waals surface area contributed by atoms with E-state index in [2.05, 4.69) is 12.2 Å². The molecule has 0 aliphatic heterocycles. The first-order valence-corrected chi connectivity index (χ1v) is 7.42. The Labute approximate surface area is 120 Å². The highest BCUT2D eigenvalue weighted by molar-refractivity contribution is 5.73. The van der Waals surface area contributed by atoms with E-state index in [0.717, 1.165) is 17.4 Å². The summed E-state index contributed by atoms with van der Waals surface area (Å²) in [6, 6.07) is 8.28. The molecular weight excluding hydrogens is 252 g/mol. The number of para-hydroxylation sites is 2. The van der Waals surface area contributed by atoms with E-state index >= 15 is 0 Å². The molecule has 0 aromatic heterocycles. The van der Waals surface area contributed by atoms with Crippen LogP contribution in [-0.4, -0.2) is 18.6 Å². The smallest absolute Gasteiger partial charge is 0.220 e. The Kier molecular flexibility index (Phi) is 5.27. The van der Waals surface area contributed by atoms with Gasteiger partial charge >= 0.3 is 0 Å². The van der Waals surface area contributed by atoms with Crippen LogP contribution >= 0.6 is 0 Å². The zero-order valence-electron chi connectivity index (χ0n) is 12.1. The third-order valence-corrected chi connectivity index (χ3v) is 3.81. The van der Waals surface area contributed by atoms with Crippen LogP contribution in [0.25, 0.3) is 0 Å². The van der Waals surface area contributed by atoms with E-state index in [-0.39, 0.29) is 12.3 Å². The van der Waals surface area contributed by atoms with Gasteiger partial charge in [0, 0.05) is 6.04 Å². The van der Waals surface area contributed by atoms with Crippen molar-refractivity contribution in [3.63, 3.8) is 0 Å². The summed E-state index contributed by atoms with van der Waals surface area (Å²) in [6.45, 7) is 2.53. The van der Waals surface area contributed by atoms with Gasteiger partial charge in [0.2, 0.25) is 5.91 Å². The third kappa shape index (κ3) is 4.44. The number of hydrogen-bond donors (Lipinski definition) is 2. The first kappa shape index (κ1) is 14.7. The maximum absolute atomic E-state index is 10.7. The molecule has 1 aromatic carbocycles. The average molecular weight is 276 g/mol. The fourth-order valence-corrected chi connectivity index (χ4v) is 2.53. The summed E-state index contributed by atoms with van der Waals surface area (Å²) in [5.74, 6) is 1.32. The molecule has 110 valence electrons. The predicted molar refractivity (Wildman–Crippen MR) is 80.8 cm³/mol. The zero-order valence-corrected chi connectivity index (χ0v) is 12.1. The minimum Gasteiger partial charge on any atom is -0.491 e. The van der Waals surface area contributed by atoms with Gasteiger partial charge in [-0.1, -0.05) is 31.4 Å². The van der Waals surface area contributed by atoms with Crippen molar-refractivity contribution in [2.75, 3.05) is 11.9 Å². The maximum atomic E-state index is 10.7. The minimum atomic E-state index is -0.339. The molecule has 0 radical (unpaired) electrons. The molecule has 4 nitrogen and oxygen atoms in total. The van der Waals surface area contributed by atoms with E-state index in [1.54, 1.807) is 0 Å². The number of nitrogens with two attached hydrogens (primary N) is 1. The van der Waals surface area contributed by atoms with Crippen LogP contribution in [-0.2, 0) is 4.79 Å². The standard InChI is InChI=1S/C16H24N2O2/c1-12(11-13-5-4-6-13)18-14-7-2-3-8-15(14)20-10-9-16(17)19/h2-3,7-8,12-13,18H,4-6,9-11H2,1H3,(H2,17,19). The average Bonchev–Trinajstić information content (AvgIpc) is 2.36. The lowest BCUT2D eigenvalue weighted by Crippen LogP contribution is -2.23. The monoisotopic (exact) mass is 276 g/mol. The number of rotatable bonds is 8. The molecule has 0 saturated heterocycles. The van der Waals surface area contributed by atoms with Crippen molar-refractivity contribution in [3.8, 4) is 5.75 Å². The highest BCUT2D eigenvalue weighted by atomic mass is 16.5. The Bertz CT molecular complexity index is 444. The summed E-state index contributed by atoms with van der Waals surface area (Å²) in [4.78, 5) is 10.7. The second kappa shape index (κ2) is 7.17. The van der Waals surface area contributed by atoms with Gasteiger partial charge in [0.05, 0.1) is 18.7 Å². The van der Waals surface area contributed by atoms with Crippen molar-refractivity contribution in [2.24, 2.45) is 11.7 Å². The summed E-state index contributed by atoms with van der Waals surface area (Å²) < 4.78 is 5.63. The maximum Gasteiger partial charge on any atom is 0.220 e. The van der Waals surface area contributed by atoms with Crippen molar-refractivity contribution >= 4 is 11.6 Å². The molecule has 1 atom stereocenters. The lowest BCUT2D eigenvalue weighted by atomic mass is 9.81. The second-order valence-corrected chi connectivity index (χ2v) is 5.64. The van der Waals surface area contributed by atoms with E-state index in [1.807, 2.05) is 24.3 Å². The number of nitrogens with one attached hydrogen (secondary N) is 1. The van der Waals surface area contributed by atoms with E-state index in [0.29, 0.717) is 12.6 Å². The van der Waals surface area contributed by atoms with Crippen molar-refractivity contribution in [1.82, 2.24) is 0 Å². The summed E-state index contributed by atoms with van der Waals surface area (Å²) >= 11 is 0. The summed E-state index contributed by atoms with van der Waals surface area (Å²) in [5, 5.41) is 3.51. The molecule has 1 unspecified atom stereocenters. The Morgan fingerprint density at radius 3 is 2.85 bits per heavy atom. The van der Waals surface area contributed by atoms with E-state index in [1.165, 1.54) is 25.7 Å². The molecule has 1 aromatic rings. The SMILES string of the molecule is CC(CC1CCC1)Nc1ccccc1OCCC(N)=O. The molecule has 4 heteroatoms. The van der Waals surface area contributed by atoms with Crippen LogP contribution in [0.1, 0.15) is 39.0 Å². The topological polar surface area (TPSA) is 64.3 Å². The predicted octanol–water partition coefficient (Wildman–Crippen LogP) is 2.93. The molecule has 1 saturated carbocycles. The molecule has 1 amide bonds. The normalized spacial score (nSPS) is 16.2. The Hall–Kier alpha value is -1.71. The molecular formula is C16H24N2O2. The number of amides is 1. The van der Waals surface area contributed by atoms with Gasteiger partial charge in [-0.25, -0.2) is 0 Å². The number of carbonyl (C=O) groups is 1. The second-order valence-electron chi connectivity index (χ2n) is 5.64. The van der Waals surface area contributed by atoms with Gasteiger partial charge in [0.15, 0.2) is 0 Å². The Morgan fingerprint density at radius 2 is 2.20 bits per heavy atom. The molecule has 1 aliphatic carbocycles. The van der Waals surface area contributed by atoms with Gasteiger partial charge in [0.1, 0.15) is 5.75 Å². The number of ether oxygens (including phenoxy) is 1. The summed E-state index contributed by atoms with van der Waals surface area (Å²) in [7, 11) is 0. The number of primary amides is 1. The summed E-state index contributed by atoms with van der Waals surface area (Å²) in [5.41, 5.74) is 6.11. The van der Waals surface area contributed by atoms with E-state index in [9.17, 15) is 4.79 Å². The van der Waals surface area contributed by atoms with Gasteiger partial charge in [-0.15, -0.1) is 0 Å². The molecule has 2 rings (SSSR count). The lowest BCUT2D eigenvalue weighted by molar-refractivity contribution is -0.118. The Balaban J connectivity index is 1.87. The van der Waals surface area contributed by atoms with Gasteiger partial charge in [-0.2, -0.15) is 0 Å². The Morgan fingerprint density at radius 1 is 1.45 bits per heavy atom. The van der Waals surface area contributed by atoms with Gasteiger partial charge < -0.3 is 15.8 Å². The van der Waals surface area contributed by atoms with Crippen molar-refractivity contribution in [1.29, 1.82) is 0 Å². The van der Waals surface area contributed by atoms with Gasteiger partial charge in [0.25, 0.3) is 0 Å². The van der Waals surface area contributed by atoms with Crippen molar-refractivity contribution in [3.05, 3.63) is 24.3 Å². The first-order chi connectivity index (χ1) is 9.65. The number of hydrogen-bond acceptors (Lipinski definition) is 3. The van der Waals surface area contributed by atoms with Crippen LogP contribution in [0, 0.1) is 5.92 Å². The van der Waals surface area contributed by atoms with Crippen LogP contribution in [0.4, 0.5) is 5.69 Å². The van der Waals surface area contributed by atoms with Crippen LogP contribution in [0.5, 0.6) is 5.75 Å². The molecule has 0 spiro atoms. The third-order valence-electron chi connectivity index (χ3n) is 3.81. The molecule has 1 fully saturated rings. The quantitative estimate of drug-likeness (QED) is 0.767. The number of carbonyl (C=O) groups excluding carboxylic acids is 1. The van der Waals surface area contributed by atoms with Crippen LogP contribution in [0.2, 0.25) is 0 Å². The van der Waals surface area contributed by atoms with Crippen molar-refractivity contribution in [2.45, 2.75) is 45.1 Å². The minimum absolute atomic E-state index is 0.242. The van der Waals surface area contributed by atoms with Crippen LogP contribution in [0.15, 0.2) is 24.3 Å². The zero-order chi connectivity index (χ0) is 14.4. The molecule has 1 aliphatic rings. The number of benzene rings is 1. The first-order valence-electron chi connectivity index (χ1n) is 7.42.